The molecular formula is C7H8N2S. The smallest absolute Gasteiger partial charge is 0.0967 e. The average molecular weight is 152 g/mol. The van der Waals surface area contributed by atoms with Gasteiger partial charge in [-0.05, 0) is 17.9 Å². The van der Waals surface area contributed by atoms with E-state index < -0.39 is 0 Å². The van der Waals surface area contributed by atoms with Crippen molar-refractivity contribution in [3.05, 3.63) is 21.7 Å². The van der Waals surface area contributed by atoms with Crippen LogP contribution < -0.4 is 5.32 Å². The fourth-order valence-corrected chi connectivity index (χ4v) is 1.70. The molecule has 2 nitrogen and oxygen atoms in total. The summed E-state index contributed by atoms with van der Waals surface area (Å²) in [6, 6.07) is 0. The number of nitrogens with one attached hydrogen (secondary N) is 1. The molecule has 2 aliphatic rings. The van der Waals surface area contributed by atoms with Crippen LogP contribution in [0.2, 0.25) is 0 Å². The van der Waals surface area contributed by atoms with E-state index in [2.05, 4.69) is 17.2 Å². The number of nitrogens with zero attached hydrogens (tertiary/aromatic N) is 1. The number of rotatable bonds is 0. The van der Waals surface area contributed by atoms with Crippen molar-refractivity contribution in [2.24, 2.45) is 4.99 Å². The van der Waals surface area contributed by atoms with E-state index in [0.717, 1.165) is 6.54 Å². The summed E-state index contributed by atoms with van der Waals surface area (Å²) in [4.78, 5) is 5.53. The second kappa shape index (κ2) is 2.16. The standard InChI is InChI=1S/C7H8N2S/c1-5-2-3-8-6-4-9-7(6)10-5/h2-3,9H,4H2,1H3. The summed E-state index contributed by atoms with van der Waals surface area (Å²) < 4.78 is 0. The quantitative estimate of drug-likeness (QED) is 0.568. The molecule has 2 aliphatic heterocycles. The van der Waals surface area contributed by atoms with Gasteiger partial charge in [-0.15, -0.1) is 0 Å². The van der Waals surface area contributed by atoms with Gasteiger partial charge in [0.1, 0.15) is 0 Å². The highest BCUT2D eigenvalue weighted by Crippen LogP contribution is 2.31. The van der Waals surface area contributed by atoms with Gasteiger partial charge in [0.2, 0.25) is 0 Å². The summed E-state index contributed by atoms with van der Waals surface area (Å²) in [5.41, 5.74) is 1.19. The first-order valence-electron chi connectivity index (χ1n) is 3.22. The zero-order valence-electron chi connectivity index (χ0n) is 5.72. The molecule has 10 heavy (non-hydrogen) atoms. The number of allylic oxidation sites excluding steroid dienone is 2. The van der Waals surface area contributed by atoms with Crippen LogP contribution in [0.15, 0.2) is 26.7 Å². The minimum Gasteiger partial charge on any atom is -0.372 e. The van der Waals surface area contributed by atoms with Gasteiger partial charge in [0.15, 0.2) is 0 Å². The van der Waals surface area contributed by atoms with Gasteiger partial charge in [0, 0.05) is 6.21 Å². The molecule has 2 rings (SSSR count). The molecule has 0 aromatic carbocycles. The fraction of sp³-hybridized carbons (Fsp3) is 0.286. The number of thioether (sulfide) groups is 1. The third-order valence-electron chi connectivity index (χ3n) is 1.48. The molecule has 0 fully saturated rings. The van der Waals surface area contributed by atoms with Gasteiger partial charge >= 0.3 is 0 Å². The van der Waals surface area contributed by atoms with E-state index >= 15 is 0 Å². The van der Waals surface area contributed by atoms with Crippen molar-refractivity contribution in [2.45, 2.75) is 6.92 Å². The van der Waals surface area contributed by atoms with Crippen molar-refractivity contribution in [3.8, 4) is 0 Å². The van der Waals surface area contributed by atoms with Crippen molar-refractivity contribution in [3.63, 3.8) is 0 Å². The summed E-state index contributed by atoms with van der Waals surface area (Å²) in [6.45, 7) is 3.02. The first kappa shape index (κ1) is 6.04. The van der Waals surface area contributed by atoms with Crippen molar-refractivity contribution < 1.29 is 0 Å². The second-order valence-electron chi connectivity index (χ2n) is 2.29. The van der Waals surface area contributed by atoms with E-state index in [1.165, 1.54) is 15.6 Å². The van der Waals surface area contributed by atoms with E-state index in [4.69, 9.17) is 0 Å². The van der Waals surface area contributed by atoms with Crippen LogP contribution in [0.1, 0.15) is 6.92 Å². The Bertz CT molecular complexity index is 250. The largest absolute Gasteiger partial charge is 0.372 e. The van der Waals surface area contributed by atoms with Crippen molar-refractivity contribution in [1.82, 2.24) is 5.32 Å². The Morgan fingerprint density at radius 1 is 1.70 bits per heavy atom. The molecule has 0 aliphatic carbocycles. The van der Waals surface area contributed by atoms with Gasteiger partial charge in [-0.25, -0.2) is 0 Å². The van der Waals surface area contributed by atoms with Gasteiger partial charge < -0.3 is 5.32 Å². The Hall–Kier alpha value is -0.700. The molecule has 3 heteroatoms. The van der Waals surface area contributed by atoms with Crippen LogP contribution >= 0.6 is 11.8 Å². The first-order valence-corrected chi connectivity index (χ1v) is 4.04. The number of hydrogen-bond acceptors (Lipinski definition) is 3. The lowest BCUT2D eigenvalue weighted by Gasteiger charge is -2.20. The maximum atomic E-state index is 4.24. The molecule has 0 spiro atoms. The van der Waals surface area contributed by atoms with E-state index in [1.54, 1.807) is 11.8 Å². The summed E-state index contributed by atoms with van der Waals surface area (Å²) in [6.07, 6.45) is 3.90. The topological polar surface area (TPSA) is 24.4 Å². The van der Waals surface area contributed by atoms with E-state index in [9.17, 15) is 0 Å². The predicted molar refractivity (Wildman–Crippen MR) is 44.9 cm³/mol. The Morgan fingerprint density at radius 2 is 2.60 bits per heavy atom. The average Bonchev–Trinajstić information content (AvgIpc) is 1.99. The summed E-state index contributed by atoms with van der Waals surface area (Å²) in [5, 5.41) is 4.43. The summed E-state index contributed by atoms with van der Waals surface area (Å²) in [7, 11) is 0. The third kappa shape index (κ3) is 0.865. The highest BCUT2D eigenvalue weighted by molar-refractivity contribution is 8.06. The normalized spacial score (nSPS) is 22.3. The zero-order valence-corrected chi connectivity index (χ0v) is 6.53. The maximum Gasteiger partial charge on any atom is 0.0967 e. The van der Waals surface area contributed by atoms with E-state index in [1.807, 2.05) is 12.3 Å². The minimum atomic E-state index is 0.931. The molecule has 0 unspecified atom stereocenters. The molecular weight excluding hydrogens is 144 g/mol. The predicted octanol–water partition coefficient (Wildman–Crippen LogP) is 1.48. The Morgan fingerprint density at radius 3 is 3.30 bits per heavy atom. The van der Waals surface area contributed by atoms with Gasteiger partial charge in [-0.3, -0.25) is 4.99 Å². The van der Waals surface area contributed by atoms with Crippen LogP contribution in [0.5, 0.6) is 0 Å². The summed E-state index contributed by atoms with van der Waals surface area (Å²) >= 11 is 1.76. The van der Waals surface area contributed by atoms with Gasteiger partial charge in [-0.2, -0.15) is 0 Å². The highest BCUT2D eigenvalue weighted by atomic mass is 32.2. The Balaban J connectivity index is 2.31. The van der Waals surface area contributed by atoms with Gasteiger partial charge in [0.05, 0.1) is 17.3 Å². The van der Waals surface area contributed by atoms with Crippen LogP contribution in [0, 0.1) is 0 Å². The lowest BCUT2D eigenvalue weighted by atomic mass is 10.3. The molecule has 0 bridgehead atoms. The number of aliphatic imine (C=N–C) groups is 1. The van der Waals surface area contributed by atoms with Crippen molar-refractivity contribution in [2.75, 3.05) is 6.54 Å². The first-order chi connectivity index (χ1) is 4.86. The molecule has 0 aromatic heterocycles. The monoisotopic (exact) mass is 152 g/mol. The van der Waals surface area contributed by atoms with Gasteiger partial charge in [0.25, 0.3) is 0 Å². The van der Waals surface area contributed by atoms with Crippen LogP contribution in [-0.4, -0.2) is 12.8 Å². The van der Waals surface area contributed by atoms with E-state index in [-0.39, 0.29) is 0 Å². The van der Waals surface area contributed by atoms with Crippen LogP contribution in [0.25, 0.3) is 0 Å². The maximum absolute atomic E-state index is 4.24. The summed E-state index contributed by atoms with van der Waals surface area (Å²) in [5.74, 6) is 0. The lowest BCUT2D eigenvalue weighted by molar-refractivity contribution is 0.803. The van der Waals surface area contributed by atoms with Crippen molar-refractivity contribution in [1.29, 1.82) is 0 Å². The minimum absolute atomic E-state index is 0.931. The zero-order chi connectivity index (χ0) is 6.97. The van der Waals surface area contributed by atoms with Gasteiger partial charge in [-0.1, -0.05) is 11.8 Å². The van der Waals surface area contributed by atoms with Crippen LogP contribution in [-0.2, 0) is 0 Å². The Labute approximate surface area is 64.1 Å². The fourth-order valence-electron chi connectivity index (χ4n) is 0.866. The van der Waals surface area contributed by atoms with Crippen molar-refractivity contribution >= 4 is 18.0 Å². The second-order valence-corrected chi connectivity index (χ2v) is 3.54. The molecule has 0 aromatic rings. The van der Waals surface area contributed by atoms with Crippen LogP contribution in [0.3, 0.4) is 0 Å². The van der Waals surface area contributed by atoms with E-state index in [0.29, 0.717) is 0 Å². The molecule has 0 atom stereocenters. The molecule has 0 saturated heterocycles. The Kier molecular flexibility index (Phi) is 1.31. The molecule has 0 amide bonds. The highest BCUT2D eigenvalue weighted by Gasteiger charge is 2.17. The molecule has 0 saturated carbocycles. The molecule has 0 radical (unpaired) electrons. The number of hydrogen-bond donors (Lipinski definition) is 1. The molecule has 2 heterocycles. The SMILES string of the molecule is CC1=CC=NC2=C(NC2)S1. The molecule has 1 N–H and O–H groups in total. The third-order valence-corrected chi connectivity index (χ3v) is 2.52. The lowest BCUT2D eigenvalue weighted by Crippen LogP contribution is -2.26. The van der Waals surface area contributed by atoms with Crippen LogP contribution in [0.4, 0.5) is 0 Å². The molecule has 52 valence electrons.